The predicted octanol–water partition coefficient (Wildman–Crippen LogP) is 5.38. The largest absolute Gasteiger partial charge is 0.493 e. The Morgan fingerprint density at radius 1 is 1.03 bits per heavy atom. The summed E-state index contributed by atoms with van der Waals surface area (Å²) in [7, 11) is 1.58. The fraction of sp³-hybridized carbons (Fsp3) is 0.286. The zero-order valence-electron chi connectivity index (χ0n) is 19.8. The standard InChI is InChI=1S/C28H30N2O4/c1-4-19-9-8-11-22(15-19)29-27(31)17-24(20-13-14-25(34-5-2)26(16-20)33-3)30-18-21-10-6-7-12-23(21)28(30)32/h6-16,24H,4-5,17-18H2,1-3H3,(H,29,31). The van der Waals surface area contributed by atoms with Gasteiger partial charge < -0.3 is 19.7 Å². The maximum atomic E-state index is 13.3. The Labute approximate surface area is 200 Å². The number of benzene rings is 3. The Morgan fingerprint density at radius 3 is 2.59 bits per heavy atom. The summed E-state index contributed by atoms with van der Waals surface area (Å²) < 4.78 is 11.2. The Balaban J connectivity index is 1.64. The number of nitrogens with one attached hydrogen (secondary N) is 1. The summed E-state index contributed by atoms with van der Waals surface area (Å²) in [6, 6.07) is 20.5. The fourth-order valence-electron chi connectivity index (χ4n) is 4.36. The second-order valence-corrected chi connectivity index (χ2v) is 8.26. The number of nitrogens with zero attached hydrogens (tertiary/aromatic N) is 1. The third-order valence-corrected chi connectivity index (χ3v) is 6.10. The van der Waals surface area contributed by atoms with Crippen molar-refractivity contribution in [2.45, 2.75) is 39.3 Å². The summed E-state index contributed by atoms with van der Waals surface area (Å²) in [5, 5.41) is 3.00. The molecule has 34 heavy (non-hydrogen) atoms. The minimum atomic E-state index is -0.459. The first kappa shape index (κ1) is 23.4. The number of aryl methyl sites for hydroxylation is 1. The molecule has 1 aliphatic heterocycles. The molecule has 0 aromatic heterocycles. The highest BCUT2D eigenvalue weighted by molar-refractivity contribution is 5.99. The number of rotatable bonds is 9. The zero-order valence-corrected chi connectivity index (χ0v) is 19.8. The molecule has 0 bridgehead atoms. The van der Waals surface area contributed by atoms with E-state index in [-0.39, 0.29) is 18.2 Å². The third-order valence-electron chi connectivity index (χ3n) is 6.10. The molecule has 0 radical (unpaired) electrons. The molecule has 0 saturated carbocycles. The van der Waals surface area contributed by atoms with E-state index in [1.807, 2.05) is 73.7 Å². The Kier molecular flexibility index (Phi) is 7.16. The molecule has 6 nitrogen and oxygen atoms in total. The van der Waals surface area contributed by atoms with E-state index in [2.05, 4.69) is 12.2 Å². The Bertz CT molecular complexity index is 1190. The van der Waals surface area contributed by atoms with Crippen molar-refractivity contribution in [1.29, 1.82) is 0 Å². The van der Waals surface area contributed by atoms with E-state index in [4.69, 9.17) is 9.47 Å². The van der Waals surface area contributed by atoms with Crippen LogP contribution in [0.1, 0.15) is 53.4 Å². The van der Waals surface area contributed by atoms with E-state index in [9.17, 15) is 9.59 Å². The number of carbonyl (C=O) groups excluding carboxylic acids is 2. The molecule has 0 spiro atoms. The molecule has 4 rings (SSSR count). The van der Waals surface area contributed by atoms with Gasteiger partial charge in [-0.3, -0.25) is 9.59 Å². The number of amides is 2. The molecule has 2 amide bonds. The fourth-order valence-corrected chi connectivity index (χ4v) is 4.36. The lowest BCUT2D eigenvalue weighted by molar-refractivity contribution is -0.117. The van der Waals surface area contributed by atoms with Crippen molar-refractivity contribution in [2.24, 2.45) is 0 Å². The van der Waals surface area contributed by atoms with Crippen LogP contribution in [0.15, 0.2) is 66.7 Å². The van der Waals surface area contributed by atoms with Gasteiger partial charge in [0.1, 0.15) is 0 Å². The average Bonchev–Trinajstić information content (AvgIpc) is 3.19. The number of anilines is 1. The molecule has 1 heterocycles. The SMILES string of the molecule is CCOc1ccc(C(CC(=O)Nc2cccc(CC)c2)N2Cc3ccccc3C2=O)cc1OC. The van der Waals surface area contributed by atoms with Gasteiger partial charge in [0.05, 0.1) is 26.2 Å². The van der Waals surface area contributed by atoms with Crippen LogP contribution in [0.4, 0.5) is 5.69 Å². The van der Waals surface area contributed by atoms with Crippen molar-refractivity contribution in [3.8, 4) is 11.5 Å². The van der Waals surface area contributed by atoms with E-state index in [0.29, 0.717) is 30.2 Å². The van der Waals surface area contributed by atoms with Gasteiger partial charge in [0.2, 0.25) is 5.91 Å². The predicted molar refractivity (Wildman–Crippen MR) is 132 cm³/mol. The van der Waals surface area contributed by atoms with E-state index >= 15 is 0 Å². The second kappa shape index (κ2) is 10.4. The third kappa shape index (κ3) is 4.91. The van der Waals surface area contributed by atoms with Crippen molar-refractivity contribution < 1.29 is 19.1 Å². The van der Waals surface area contributed by atoms with Crippen LogP contribution in [-0.4, -0.2) is 30.4 Å². The van der Waals surface area contributed by atoms with Crippen LogP contribution in [0.5, 0.6) is 11.5 Å². The molecular formula is C28H30N2O4. The van der Waals surface area contributed by atoms with Crippen LogP contribution in [0.3, 0.4) is 0 Å². The molecule has 1 aliphatic rings. The lowest BCUT2D eigenvalue weighted by Gasteiger charge is -2.28. The maximum absolute atomic E-state index is 13.3. The number of methoxy groups -OCH3 is 1. The number of hydrogen-bond acceptors (Lipinski definition) is 4. The van der Waals surface area contributed by atoms with Gasteiger partial charge in [0, 0.05) is 17.8 Å². The first-order valence-electron chi connectivity index (χ1n) is 11.6. The van der Waals surface area contributed by atoms with Gasteiger partial charge in [-0.05, 0) is 60.4 Å². The van der Waals surface area contributed by atoms with Crippen LogP contribution < -0.4 is 14.8 Å². The van der Waals surface area contributed by atoms with Crippen LogP contribution in [0, 0.1) is 0 Å². The summed E-state index contributed by atoms with van der Waals surface area (Å²) >= 11 is 0. The van der Waals surface area contributed by atoms with Crippen molar-refractivity contribution >= 4 is 17.5 Å². The topological polar surface area (TPSA) is 67.9 Å². The van der Waals surface area contributed by atoms with E-state index < -0.39 is 6.04 Å². The summed E-state index contributed by atoms with van der Waals surface area (Å²) in [4.78, 5) is 28.2. The molecule has 0 saturated heterocycles. The summed E-state index contributed by atoms with van der Waals surface area (Å²) in [6.07, 6.45) is 1.01. The first-order valence-corrected chi connectivity index (χ1v) is 11.6. The van der Waals surface area contributed by atoms with E-state index in [1.165, 1.54) is 0 Å². The quantitative estimate of drug-likeness (QED) is 0.467. The highest BCUT2D eigenvalue weighted by atomic mass is 16.5. The highest BCUT2D eigenvalue weighted by Crippen LogP contribution is 2.37. The van der Waals surface area contributed by atoms with E-state index in [1.54, 1.807) is 12.0 Å². The number of hydrogen-bond donors (Lipinski definition) is 1. The lowest BCUT2D eigenvalue weighted by atomic mass is 10.0. The molecule has 3 aromatic carbocycles. The highest BCUT2D eigenvalue weighted by Gasteiger charge is 2.34. The monoisotopic (exact) mass is 458 g/mol. The zero-order chi connectivity index (χ0) is 24.1. The average molecular weight is 459 g/mol. The van der Waals surface area contributed by atoms with Gasteiger partial charge in [-0.25, -0.2) is 0 Å². The van der Waals surface area contributed by atoms with Crippen LogP contribution in [0.25, 0.3) is 0 Å². The maximum Gasteiger partial charge on any atom is 0.255 e. The van der Waals surface area contributed by atoms with Gasteiger partial charge in [-0.1, -0.05) is 43.3 Å². The van der Waals surface area contributed by atoms with Crippen LogP contribution >= 0.6 is 0 Å². The molecular weight excluding hydrogens is 428 g/mol. The number of carbonyl (C=O) groups is 2. The second-order valence-electron chi connectivity index (χ2n) is 8.26. The van der Waals surface area contributed by atoms with Crippen LogP contribution in [0.2, 0.25) is 0 Å². The molecule has 0 fully saturated rings. The van der Waals surface area contributed by atoms with Crippen molar-refractivity contribution in [3.63, 3.8) is 0 Å². The van der Waals surface area contributed by atoms with Gasteiger partial charge >= 0.3 is 0 Å². The molecule has 176 valence electrons. The smallest absolute Gasteiger partial charge is 0.255 e. The van der Waals surface area contributed by atoms with Crippen molar-refractivity contribution in [1.82, 2.24) is 4.90 Å². The molecule has 1 unspecified atom stereocenters. The lowest BCUT2D eigenvalue weighted by Crippen LogP contribution is -2.32. The summed E-state index contributed by atoms with van der Waals surface area (Å²) in [5.41, 5.74) is 4.37. The molecule has 6 heteroatoms. The molecule has 3 aromatic rings. The minimum Gasteiger partial charge on any atom is -0.493 e. The Morgan fingerprint density at radius 2 is 1.85 bits per heavy atom. The normalized spacial score (nSPS) is 13.4. The Hall–Kier alpha value is -3.80. The van der Waals surface area contributed by atoms with Crippen molar-refractivity contribution in [2.75, 3.05) is 19.0 Å². The van der Waals surface area contributed by atoms with E-state index in [0.717, 1.165) is 28.8 Å². The van der Waals surface area contributed by atoms with Gasteiger partial charge in [-0.2, -0.15) is 0 Å². The van der Waals surface area contributed by atoms with Gasteiger partial charge in [0.25, 0.3) is 5.91 Å². The molecule has 1 N–H and O–H groups in total. The van der Waals surface area contributed by atoms with Gasteiger partial charge in [-0.15, -0.1) is 0 Å². The summed E-state index contributed by atoms with van der Waals surface area (Å²) in [6.45, 7) is 4.95. The number of ether oxygens (including phenoxy) is 2. The minimum absolute atomic E-state index is 0.0748. The number of fused-ring (bicyclic) bond motifs is 1. The van der Waals surface area contributed by atoms with Gasteiger partial charge in [0.15, 0.2) is 11.5 Å². The van der Waals surface area contributed by atoms with Crippen LogP contribution in [-0.2, 0) is 17.8 Å². The summed E-state index contributed by atoms with van der Waals surface area (Å²) in [5.74, 6) is 0.970. The van der Waals surface area contributed by atoms with Crippen molar-refractivity contribution in [3.05, 3.63) is 89.0 Å². The first-order chi connectivity index (χ1) is 16.5. The molecule has 1 atom stereocenters. The molecule has 0 aliphatic carbocycles.